The number of alkyl halides is 3. The third-order valence-corrected chi connectivity index (χ3v) is 2.22. The summed E-state index contributed by atoms with van der Waals surface area (Å²) in [4.78, 5) is 3.23. The Labute approximate surface area is 102 Å². The minimum absolute atomic E-state index is 0.0403. The number of benzene rings is 1. The van der Waals surface area contributed by atoms with Gasteiger partial charge in [0.05, 0.1) is 5.69 Å². The minimum atomic E-state index is -4.67. The van der Waals surface area contributed by atoms with E-state index in [0.29, 0.717) is 11.3 Å². The highest BCUT2D eigenvalue weighted by Crippen LogP contribution is 2.29. The molecule has 0 aliphatic rings. The molecule has 2 aromatic rings. The van der Waals surface area contributed by atoms with Crippen LogP contribution in [0, 0.1) is 0 Å². The highest BCUT2D eigenvalue weighted by atomic mass is 32.1. The second-order valence-electron chi connectivity index (χ2n) is 3.13. The molecule has 94 valence electrons. The zero-order chi connectivity index (χ0) is 13.2. The molecule has 0 aliphatic carbocycles. The summed E-state index contributed by atoms with van der Waals surface area (Å²) in [6, 6.07) is 5.81. The smallest absolute Gasteiger partial charge is 0.329 e. The summed E-state index contributed by atoms with van der Waals surface area (Å²) in [5.74, 6) is -1.58. The third-order valence-electron chi connectivity index (χ3n) is 1.94. The Balaban J connectivity index is 2.32. The predicted molar refractivity (Wildman–Crippen MR) is 55.0 cm³/mol. The molecule has 0 atom stereocenters. The molecule has 9 heteroatoms. The monoisotopic (exact) mass is 275 g/mol. The van der Waals surface area contributed by atoms with Gasteiger partial charge in [-0.15, -0.1) is 0 Å². The Bertz CT molecular complexity index is 602. The van der Waals surface area contributed by atoms with Gasteiger partial charge in [0.2, 0.25) is 17.3 Å². The van der Waals surface area contributed by atoms with Crippen molar-refractivity contribution in [2.24, 2.45) is 4.36 Å². The molecule has 0 saturated carbocycles. The maximum atomic E-state index is 12.2. The van der Waals surface area contributed by atoms with Crippen LogP contribution < -0.4 is 0 Å². The van der Waals surface area contributed by atoms with Crippen LogP contribution >= 0.6 is 0 Å². The fourth-order valence-electron chi connectivity index (χ4n) is 1.17. The first-order chi connectivity index (χ1) is 8.50. The number of rotatable bonds is 2. The Hall–Kier alpha value is -2.03. The van der Waals surface area contributed by atoms with E-state index in [-0.39, 0.29) is 17.3 Å². The van der Waals surface area contributed by atoms with Gasteiger partial charge in [-0.2, -0.15) is 26.7 Å². The first kappa shape index (κ1) is 12.4. The van der Waals surface area contributed by atoms with Crippen molar-refractivity contribution in [1.82, 2.24) is 10.1 Å². The van der Waals surface area contributed by atoms with Crippen LogP contribution in [-0.4, -0.2) is 14.3 Å². The molecular formula is C9H4F3N3O2S. The summed E-state index contributed by atoms with van der Waals surface area (Å²) in [7, 11) is 0. The molecular weight excluding hydrogens is 271 g/mol. The van der Waals surface area contributed by atoms with Gasteiger partial charge in [0.1, 0.15) is 0 Å². The van der Waals surface area contributed by atoms with Crippen molar-refractivity contribution in [2.75, 3.05) is 0 Å². The van der Waals surface area contributed by atoms with Crippen molar-refractivity contribution in [3.05, 3.63) is 30.2 Å². The van der Waals surface area contributed by atoms with Crippen LogP contribution in [-0.2, 0) is 17.6 Å². The SMILES string of the molecule is O=S=Nc1ccc(-c2noc(C(F)(F)F)n2)cc1. The Morgan fingerprint density at radius 1 is 1.22 bits per heavy atom. The standard InChI is InChI=1S/C9H4F3N3O2S/c10-9(11,12)8-13-7(14-17-8)5-1-3-6(4-2-5)15-18-16/h1-4H. The van der Waals surface area contributed by atoms with Crippen LogP contribution in [0.1, 0.15) is 5.89 Å². The molecule has 0 N–H and O–H groups in total. The van der Waals surface area contributed by atoms with Crippen LogP contribution in [0.3, 0.4) is 0 Å². The lowest BCUT2D eigenvalue weighted by atomic mass is 10.2. The summed E-state index contributed by atoms with van der Waals surface area (Å²) in [5, 5.41) is 3.22. The summed E-state index contributed by atoms with van der Waals surface area (Å²) in [6.45, 7) is 0. The summed E-state index contributed by atoms with van der Waals surface area (Å²) >= 11 is 0.0403. The lowest BCUT2D eigenvalue weighted by Gasteiger charge is -1.96. The van der Waals surface area contributed by atoms with Gasteiger partial charge >= 0.3 is 12.1 Å². The van der Waals surface area contributed by atoms with E-state index in [1.54, 1.807) is 0 Å². The highest BCUT2D eigenvalue weighted by molar-refractivity contribution is 7.54. The molecule has 18 heavy (non-hydrogen) atoms. The first-order valence-corrected chi connectivity index (χ1v) is 5.22. The summed E-state index contributed by atoms with van der Waals surface area (Å²) in [5.41, 5.74) is 0.738. The van der Waals surface area contributed by atoms with E-state index in [2.05, 4.69) is 19.0 Å². The average Bonchev–Trinajstić information content (AvgIpc) is 2.79. The molecule has 0 fully saturated rings. The van der Waals surface area contributed by atoms with E-state index in [4.69, 9.17) is 0 Å². The Morgan fingerprint density at radius 3 is 2.39 bits per heavy atom. The lowest BCUT2D eigenvalue weighted by molar-refractivity contribution is -0.159. The predicted octanol–water partition coefficient (Wildman–Crippen LogP) is 2.78. The molecule has 0 spiro atoms. The third kappa shape index (κ3) is 2.62. The van der Waals surface area contributed by atoms with Gasteiger partial charge in [0, 0.05) is 5.56 Å². The molecule has 0 aliphatic heterocycles. The number of hydrogen-bond donors (Lipinski definition) is 0. The van der Waals surface area contributed by atoms with Crippen molar-refractivity contribution in [1.29, 1.82) is 0 Å². The fraction of sp³-hybridized carbons (Fsp3) is 0.111. The lowest BCUT2D eigenvalue weighted by Crippen LogP contribution is -2.04. The molecule has 0 radical (unpaired) electrons. The van der Waals surface area contributed by atoms with Crippen molar-refractivity contribution in [3.8, 4) is 11.4 Å². The molecule has 0 unspecified atom stereocenters. The van der Waals surface area contributed by atoms with Crippen molar-refractivity contribution in [3.63, 3.8) is 0 Å². The molecule has 1 aromatic heterocycles. The van der Waals surface area contributed by atoms with Crippen molar-refractivity contribution in [2.45, 2.75) is 6.18 Å². The van der Waals surface area contributed by atoms with Gasteiger partial charge in [-0.25, -0.2) is 0 Å². The van der Waals surface area contributed by atoms with E-state index in [1.165, 1.54) is 24.3 Å². The zero-order valence-electron chi connectivity index (χ0n) is 8.51. The number of aromatic nitrogens is 2. The molecule has 0 saturated heterocycles. The van der Waals surface area contributed by atoms with E-state index < -0.39 is 12.1 Å². The topological polar surface area (TPSA) is 68.3 Å². The van der Waals surface area contributed by atoms with Crippen LogP contribution in [0.5, 0.6) is 0 Å². The van der Waals surface area contributed by atoms with Gasteiger partial charge in [-0.3, -0.25) is 0 Å². The van der Waals surface area contributed by atoms with Crippen molar-refractivity contribution >= 4 is 17.2 Å². The van der Waals surface area contributed by atoms with Crippen LogP contribution in [0.2, 0.25) is 0 Å². The second-order valence-corrected chi connectivity index (χ2v) is 3.47. The quantitative estimate of drug-likeness (QED) is 0.845. The maximum Gasteiger partial charge on any atom is 0.471 e. The number of hydrogen-bond acceptors (Lipinski definition) is 5. The van der Waals surface area contributed by atoms with Gasteiger partial charge < -0.3 is 4.52 Å². The molecule has 1 heterocycles. The van der Waals surface area contributed by atoms with E-state index in [9.17, 15) is 17.4 Å². The zero-order valence-corrected chi connectivity index (χ0v) is 9.33. The van der Waals surface area contributed by atoms with Gasteiger partial charge in [0.25, 0.3) is 0 Å². The Kier molecular flexibility index (Phi) is 3.24. The van der Waals surface area contributed by atoms with Gasteiger partial charge in [-0.05, 0) is 24.3 Å². The maximum absolute atomic E-state index is 12.2. The molecule has 1 aromatic carbocycles. The summed E-state index contributed by atoms with van der Waals surface area (Å²) in [6.07, 6.45) is -4.67. The van der Waals surface area contributed by atoms with Crippen LogP contribution in [0.15, 0.2) is 33.2 Å². The Morgan fingerprint density at radius 2 is 1.89 bits per heavy atom. The largest absolute Gasteiger partial charge is 0.471 e. The van der Waals surface area contributed by atoms with Gasteiger partial charge in [-0.1, -0.05) is 5.16 Å². The summed E-state index contributed by atoms with van der Waals surface area (Å²) < 4.78 is 54.5. The minimum Gasteiger partial charge on any atom is -0.329 e. The average molecular weight is 275 g/mol. The van der Waals surface area contributed by atoms with Crippen LogP contribution in [0.25, 0.3) is 11.4 Å². The number of nitrogens with zero attached hydrogens (tertiary/aromatic N) is 3. The normalized spacial score (nSPS) is 11.3. The van der Waals surface area contributed by atoms with Crippen LogP contribution in [0.4, 0.5) is 18.9 Å². The molecule has 0 amide bonds. The molecule has 0 bridgehead atoms. The van der Waals surface area contributed by atoms with Gasteiger partial charge in [0.15, 0.2) is 0 Å². The van der Waals surface area contributed by atoms with E-state index in [0.717, 1.165) is 0 Å². The van der Waals surface area contributed by atoms with E-state index >= 15 is 0 Å². The fourth-order valence-corrected chi connectivity index (χ4v) is 1.38. The second kappa shape index (κ2) is 4.69. The van der Waals surface area contributed by atoms with E-state index in [1.807, 2.05) is 0 Å². The van der Waals surface area contributed by atoms with Crippen molar-refractivity contribution < 1.29 is 21.9 Å². The molecule has 5 nitrogen and oxygen atoms in total. The first-order valence-electron chi connectivity index (χ1n) is 4.52. The highest BCUT2D eigenvalue weighted by Gasteiger charge is 2.38. The molecule has 2 rings (SSSR count). The number of halogens is 3.